The number of carbonyl (C=O) groups excluding carboxylic acids is 1. The quantitative estimate of drug-likeness (QED) is 0.580. The summed E-state index contributed by atoms with van der Waals surface area (Å²) in [5.41, 5.74) is -1.33. The van der Waals surface area contributed by atoms with Crippen LogP contribution in [0.1, 0.15) is 5.56 Å². The van der Waals surface area contributed by atoms with Gasteiger partial charge in [-0.15, -0.1) is 0 Å². The molecule has 1 aromatic rings. The molecule has 0 aromatic heterocycles. The Kier molecular flexibility index (Phi) is 4.13. The molecule has 1 amide bonds. The molecule has 18 heavy (non-hydrogen) atoms. The molecule has 2 nitrogen and oxygen atoms in total. The van der Waals surface area contributed by atoms with Crippen molar-refractivity contribution in [1.29, 1.82) is 0 Å². The van der Waals surface area contributed by atoms with E-state index in [9.17, 15) is 31.1 Å². The van der Waals surface area contributed by atoms with E-state index >= 15 is 0 Å². The van der Waals surface area contributed by atoms with Crippen molar-refractivity contribution in [3.8, 4) is 0 Å². The van der Waals surface area contributed by atoms with Crippen LogP contribution in [-0.2, 0) is 11.0 Å². The van der Waals surface area contributed by atoms with Crippen LogP contribution in [0.3, 0.4) is 0 Å². The average Bonchev–Trinajstić information content (AvgIpc) is 2.17. The fourth-order valence-electron chi connectivity index (χ4n) is 0.986. The van der Waals surface area contributed by atoms with Crippen molar-refractivity contribution >= 4 is 34.2 Å². The number of nitrogens with one attached hydrogen (secondary N) is 1. The van der Waals surface area contributed by atoms with Gasteiger partial charge in [-0.25, -0.2) is 0 Å². The fraction of sp³-hybridized carbons (Fsp3) is 0.222. The highest BCUT2D eigenvalue weighted by atomic mass is 127. The maximum absolute atomic E-state index is 12.3. The third-order valence-electron chi connectivity index (χ3n) is 1.80. The molecule has 1 rings (SSSR count). The molecule has 100 valence electrons. The monoisotopic (exact) mass is 383 g/mol. The summed E-state index contributed by atoms with van der Waals surface area (Å²) in [5.74, 6) is -2.24. The summed E-state index contributed by atoms with van der Waals surface area (Å²) in [6, 6.07) is 2.01. The number of hydrogen-bond donors (Lipinski definition) is 1. The van der Waals surface area contributed by atoms with E-state index in [0.717, 1.165) is 6.07 Å². The van der Waals surface area contributed by atoms with Gasteiger partial charge in [0.1, 0.15) is 0 Å². The van der Waals surface area contributed by atoms with Gasteiger partial charge in [0.2, 0.25) is 0 Å². The second-order valence-corrected chi connectivity index (χ2v) is 4.31. The predicted molar refractivity (Wildman–Crippen MR) is 58.8 cm³/mol. The zero-order valence-electron chi connectivity index (χ0n) is 8.29. The molecule has 0 atom stereocenters. The molecule has 0 radical (unpaired) electrons. The molecule has 0 saturated carbocycles. The zero-order valence-corrected chi connectivity index (χ0v) is 10.4. The molecule has 1 N–H and O–H groups in total. The molecular formula is C9H4F6INO. The Hall–Kier alpha value is -1.00. The van der Waals surface area contributed by atoms with E-state index in [4.69, 9.17) is 0 Å². The first-order chi connectivity index (χ1) is 8.01. The lowest BCUT2D eigenvalue weighted by Crippen LogP contribution is -2.30. The number of rotatable bonds is 1. The normalized spacial score (nSPS) is 12.4. The summed E-state index contributed by atoms with van der Waals surface area (Å²) in [7, 11) is 0. The summed E-state index contributed by atoms with van der Waals surface area (Å²) < 4.78 is 72.5. The number of anilines is 1. The van der Waals surface area contributed by atoms with Crippen molar-refractivity contribution in [2.75, 3.05) is 5.32 Å². The molecule has 0 unspecified atom stereocenters. The lowest BCUT2D eigenvalue weighted by molar-refractivity contribution is -0.167. The molecule has 0 aliphatic heterocycles. The lowest BCUT2D eigenvalue weighted by atomic mass is 10.2. The van der Waals surface area contributed by atoms with Crippen LogP contribution >= 0.6 is 22.6 Å². The van der Waals surface area contributed by atoms with Gasteiger partial charge in [-0.2, -0.15) is 26.3 Å². The predicted octanol–water partition coefficient (Wildman–Crippen LogP) is 3.81. The Labute approximate surface area is 110 Å². The van der Waals surface area contributed by atoms with Crippen LogP contribution in [-0.4, -0.2) is 12.1 Å². The Bertz CT molecular complexity index is 467. The van der Waals surface area contributed by atoms with E-state index in [1.807, 2.05) is 0 Å². The Balaban J connectivity index is 2.98. The van der Waals surface area contributed by atoms with Gasteiger partial charge in [0.05, 0.1) is 11.3 Å². The molecule has 0 heterocycles. The van der Waals surface area contributed by atoms with Crippen LogP contribution < -0.4 is 5.32 Å². The highest BCUT2D eigenvalue weighted by molar-refractivity contribution is 14.1. The highest BCUT2D eigenvalue weighted by Crippen LogP contribution is 2.32. The van der Waals surface area contributed by atoms with Crippen LogP contribution in [0.15, 0.2) is 18.2 Å². The van der Waals surface area contributed by atoms with Crippen LogP contribution in [0, 0.1) is 3.57 Å². The maximum atomic E-state index is 12.3. The van der Waals surface area contributed by atoms with E-state index in [0.29, 0.717) is 12.1 Å². The minimum atomic E-state index is -5.09. The van der Waals surface area contributed by atoms with Crippen molar-refractivity contribution in [2.24, 2.45) is 0 Å². The number of hydrogen-bond acceptors (Lipinski definition) is 1. The first kappa shape index (κ1) is 15.1. The number of alkyl halides is 6. The molecule has 0 aliphatic rings. The molecule has 0 spiro atoms. The fourth-order valence-corrected chi connectivity index (χ4v) is 1.64. The third kappa shape index (κ3) is 3.75. The van der Waals surface area contributed by atoms with E-state index < -0.39 is 23.8 Å². The first-order valence-corrected chi connectivity index (χ1v) is 5.34. The largest absolute Gasteiger partial charge is 0.471 e. The van der Waals surface area contributed by atoms with Crippen LogP contribution in [0.5, 0.6) is 0 Å². The Morgan fingerprint density at radius 2 is 1.67 bits per heavy atom. The van der Waals surface area contributed by atoms with Gasteiger partial charge in [0, 0.05) is 3.57 Å². The van der Waals surface area contributed by atoms with Crippen LogP contribution in [0.2, 0.25) is 0 Å². The minimum absolute atomic E-state index is 0.139. The molecule has 0 aliphatic carbocycles. The maximum Gasteiger partial charge on any atom is 0.471 e. The van der Waals surface area contributed by atoms with Crippen LogP contribution in [0.25, 0.3) is 0 Å². The van der Waals surface area contributed by atoms with E-state index in [1.165, 1.54) is 27.9 Å². The molecule has 0 bridgehead atoms. The number of halogens is 7. The van der Waals surface area contributed by atoms with Gasteiger partial charge in [-0.05, 0) is 40.8 Å². The van der Waals surface area contributed by atoms with Crippen molar-refractivity contribution < 1.29 is 31.1 Å². The van der Waals surface area contributed by atoms with Crippen molar-refractivity contribution in [3.63, 3.8) is 0 Å². The number of carbonyl (C=O) groups is 1. The second-order valence-electron chi connectivity index (χ2n) is 3.14. The summed E-state index contributed by atoms with van der Waals surface area (Å²) in [6.45, 7) is 0. The topological polar surface area (TPSA) is 29.1 Å². The van der Waals surface area contributed by atoms with Crippen molar-refractivity contribution in [2.45, 2.75) is 12.4 Å². The lowest BCUT2D eigenvalue weighted by Gasteiger charge is -2.12. The Morgan fingerprint density at radius 3 is 2.06 bits per heavy atom. The number of amides is 1. The zero-order chi connectivity index (χ0) is 14.1. The molecule has 9 heteroatoms. The summed E-state index contributed by atoms with van der Waals surface area (Å²) in [6.07, 6.45) is -9.68. The minimum Gasteiger partial charge on any atom is -0.317 e. The second kappa shape index (κ2) is 4.94. The van der Waals surface area contributed by atoms with Gasteiger partial charge in [0.15, 0.2) is 0 Å². The van der Waals surface area contributed by atoms with Crippen molar-refractivity contribution in [1.82, 2.24) is 0 Å². The summed E-state index contributed by atoms with van der Waals surface area (Å²) >= 11 is 1.41. The first-order valence-electron chi connectivity index (χ1n) is 4.27. The SMILES string of the molecule is O=C(Nc1ccc(C(F)(F)F)cc1I)C(F)(F)F. The molecule has 0 saturated heterocycles. The van der Waals surface area contributed by atoms with E-state index in [-0.39, 0.29) is 9.26 Å². The highest BCUT2D eigenvalue weighted by Gasteiger charge is 2.39. The van der Waals surface area contributed by atoms with Gasteiger partial charge >= 0.3 is 18.3 Å². The molecular weight excluding hydrogens is 379 g/mol. The standard InChI is InChI=1S/C9H4F6INO/c10-8(11,12)4-1-2-6(5(16)3-4)17-7(18)9(13,14)15/h1-3H,(H,17,18). The van der Waals surface area contributed by atoms with Crippen LogP contribution in [0.4, 0.5) is 32.0 Å². The Morgan fingerprint density at radius 1 is 1.11 bits per heavy atom. The third-order valence-corrected chi connectivity index (χ3v) is 2.69. The van der Waals surface area contributed by atoms with E-state index in [1.54, 1.807) is 0 Å². The molecule has 1 aromatic carbocycles. The van der Waals surface area contributed by atoms with E-state index in [2.05, 4.69) is 0 Å². The smallest absolute Gasteiger partial charge is 0.317 e. The number of benzene rings is 1. The average molecular weight is 383 g/mol. The van der Waals surface area contributed by atoms with Gasteiger partial charge in [0.25, 0.3) is 0 Å². The summed E-state index contributed by atoms with van der Waals surface area (Å²) in [4.78, 5) is 10.6. The van der Waals surface area contributed by atoms with Crippen molar-refractivity contribution in [3.05, 3.63) is 27.3 Å². The summed E-state index contributed by atoms with van der Waals surface area (Å²) in [5, 5.41) is 1.49. The van der Waals surface area contributed by atoms with Gasteiger partial charge in [-0.3, -0.25) is 4.79 Å². The van der Waals surface area contributed by atoms with Gasteiger partial charge in [-0.1, -0.05) is 0 Å². The molecule has 0 fully saturated rings. The van der Waals surface area contributed by atoms with Gasteiger partial charge < -0.3 is 5.32 Å².